The summed E-state index contributed by atoms with van der Waals surface area (Å²) < 4.78 is 5.33. The molecule has 3 heteroatoms. The Balaban J connectivity index is 2.04. The normalized spacial score (nSPS) is 30.6. The molecule has 0 radical (unpaired) electrons. The fourth-order valence-corrected chi connectivity index (χ4v) is 3.70. The van der Waals surface area contributed by atoms with E-state index in [1.807, 2.05) is 6.07 Å². The predicted molar refractivity (Wildman–Crippen MR) is 74.1 cm³/mol. The minimum atomic E-state index is 0.164. The number of ether oxygens (including phenoxy) is 1. The van der Waals surface area contributed by atoms with Crippen molar-refractivity contribution in [1.29, 1.82) is 0 Å². The maximum atomic E-state index is 6.50. The molecule has 0 aromatic heterocycles. The lowest BCUT2D eigenvalue weighted by atomic mass is 9.74. The minimum Gasteiger partial charge on any atom is -0.497 e. The molecule has 18 heavy (non-hydrogen) atoms. The number of anilines is 1. The van der Waals surface area contributed by atoms with Crippen LogP contribution in [0.25, 0.3) is 0 Å². The highest BCUT2D eigenvalue weighted by Gasteiger charge is 2.39. The van der Waals surface area contributed by atoms with Gasteiger partial charge in [0.1, 0.15) is 5.75 Å². The quantitative estimate of drug-likeness (QED) is 0.828. The number of benzene rings is 1. The lowest BCUT2D eigenvalue weighted by Crippen LogP contribution is -2.48. The summed E-state index contributed by atoms with van der Waals surface area (Å²) >= 11 is 0. The summed E-state index contributed by atoms with van der Waals surface area (Å²) in [5.74, 6) is 1.51. The zero-order valence-corrected chi connectivity index (χ0v) is 11.2. The van der Waals surface area contributed by atoms with Crippen molar-refractivity contribution in [2.45, 2.75) is 37.8 Å². The average molecular weight is 246 g/mol. The molecule has 1 aliphatic carbocycles. The van der Waals surface area contributed by atoms with Gasteiger partial charge in [-0.1, -0.05) is 12.8 Å². The second-order valence-corrected chi connectivity index (χ2v) is 5.58. The molecule has 1 fully saturated rings. The smallest absolute Gasteiger partial charge is 0.119 e. The van der Waals surface area contributed by atoms with Gasteiger partial charge in [-0.25, -0.2) is 0 Å². The van der Waals surface area contributed by atoms with Crippen LogP contribution in [-0.4, -0.2) is 20.2 Å². The van der Waals surface area contributed by atoms with E-state index in [4.69, 9.17) is 10.5 Å². The Morgan fingerprint density at radius 1 is 1.28 bits per heavy atom. The molecule has 1 aromatic rings. The van der Waals surface area contributed by atoms with E-state index < -0.39 is 0 Å². The highest BCUT2D eigenvalue weighted by Crippen LogP contribution is 2.45. The number of rotatable bonds is 1. The topological polar surface area (TPSA) is 38.5 Å². The standard InChI is InChI=1S/C15H22N2O/c1-17-13-6-4-3-5-11(13)15(16)12-9-10(18-2)7-8-14(12)17/h7-9,11,13,15H,3-6,16H2,1-2H3. The Hall–Kier alpha value is -1.22. The maximum absolute atomic E-state index is 6.50. The van der Waals surface area contributed by atoms with E-state index in [0.29, 0.717) is 12.0 Å². The molecule has 2 N–H and O–H groups in total. The highest BCUT2D eigenvalue weighted by atomic mass is 16.5. The first kappa shape index (κ1) is 11.8. The molecule has 1 saturated carbocycles. The van der Waals surface area contributed by atoms with Crippen molar-refractivity contribution in [1.82, 2.24) is 0 Å². The van der Waals surface area contributed by atoms with E-state index in [0.717, 1.165) is 5.75 Å². The summed E-state index contributed by atoms with van der Waals surface area (Å²) in [6.45, 7) is 0. The lowest BCUT2D eigenvalue weighted by molar-refractivity contribution is 0.246. The second-order valence-electron chi connectivity index (χ2n) is 5.58. The van der Waals surface area contributed by atoms with E-state index in [2.05, 4.69) is 24.1 Å². The molecule has 3 rings (SSSR count). The second kappa shape index (κ2) is 4.47. The van der Waals surface area contributed by atoms with Crippen LogP contribution in [0.3, 0.4) is 0 Å². The molecule has 1 aliphatic heterocycles. The first-order chi connectivity index (χ1) is 8.72. The maximum Gasteiger partial charge on any atom is 0.119 e. The van der Waals surface area contributed by atoms with Crippen molar-refractivity contribution >= 4 is 5.69 Å². The third kappa shape index (κ3) is 1.69. The largest absolute Gasteiger partial charge is 0.497 e. The molecule has 3 nitrogen and oxygen atoms in total. The van der Waals surface area contributed by atoms with Crippen LogP contribution in [0.15, 0.2) is 18.2 Å². The Kier molecular flexibility index (Phi) is 2.94. The van der Waals surface area contributed by atoms with Crippen LogP contribution in [0.1, 0.15) is 37.3 Å². The molecule has 0 bridgehead atoms. The predicted octanol–water partition coefficient (Wildman–Crippen LogP) is 2.70. The third-order valence-electron chi connectivity index (χ3n) is 4.71. The summed E-state index contributed by atoms with van der Waals surface area (Å²) in [6, 6.07) is 7.08. The number of hydrogen-bond donors (Lipinski definition) is 1. The lowest BCUT2D eigenvalue weighted by Gasteiger charge is -2.47. The van der Waals surface area contributed by atoms with Gasteiger partial charge in [0.2, 0.25) is 0 Å². The van der Waals surface area contributed by atoms with Crippen molar-refractivity contribution < 1.29 is 4.74 Å². The van der Waals surface area contributed by atoms with Crippen LogP contribution < -0.4 is 15.4 Å². The number of hydrogen-bond acceptors (Lipinski definition) is 3. The van der Waals surface area contributed by atoms with E-state index in [9.17, 15) is 0 Å². The van der Waals surface area contributed by atoms with Gasteiger partial charge in [0.25, 0.3) is 0 Å². The molecule has 1 aromatic carbocycles. The monoisotopic (exact) mass is 246 g/mol. The molecular formula is C15H22N2O. The van der Waals surface area contributed by atoms with Crippen LogP contribution in [0.2, 0.25) is 0 Å². The van der Waals surface area contributed by atoms with Crippen LogP contribution in [0.4, 0.5) is 5.69 Å². The van der Waals surface area contributed by atoms with Crippen molar-refractivity contribution in [3.05, 3.63) is 23.8 Å². The first-order valence-electron chi connectivity index (χ1n) is 6.88. The van der Waals surface area contributed by atoms with Gasteiger partial charge in [-0.3, -0.25) is 0 Å². The Morgan fingerprint density at radius 2 is 2.06 bits per heavy atom. The molecule has 0 amide bonds. The van der Waals surface area contributed by atoms with Crippen molar-refractivity contribution in [2.24, 2.45) is 11.7 Å². The zero-order chi connectivity index (χ0) is 12.7. The summed E-state index contributed by atoms with van der Waals surface area (Å²) in [5.41, 5.74) is 9.04. The summed E-state index contributed by atoms with van der Waals surface area (Å²) in [5, 5.41) is 0. The summed E-state index contributed by atoms with van der Waals surface area (Å²) in [4.78, 5) is 2.43. The van der Waals surface area contributed by atoms with E-state index in [1.165, 1.54) is 36.9 Å². The number of nitrogens with two attached hydrogens (primary N) is 1. The van der Waals surface area contributed by atoms with Crippen molar-refractivity contribution in [3.8, 4) is 5.75 Å². The fraction of sp³-hybridized carbons (Fsp3) is 0.600. The molecule has 3 unspecified atom stereocenters. The van der Waals surface area contributed by atoms with Crippen LogP contribution >= 0.6 is 0 Å². The number of methoxy groups -OCH3 is 1. The minimum absolute atomic E-state index is 0.164. The van der Waals surface area contributed by atoms with Gasteiger partial charge in [-0.15, -0.1) is 0 Å². The average Bonchev–Trinajstić information content (AvgIpc) is 2.44. The SMILES string of the molecule is COc1ccc2c(c1)C(N)C1CCCCC1N2C. The zero-order valence-electron chi connectivity index (χ0n) is 11.2. The van der Waals surface area contributed by atoms with E-state index in [-0.39, 0.29) is 6.04 Å². The van der Waals surface area contributed by atoms with Gasteiger partial charge in [0, 0.05) is 24.8 Å². The Labute approximate surface area is 109 Å². The molecule has 2 aliphatic rings. The first-order valence-corrected chi connectivity index (χ1v) is 6.88. The van der Waals surface area contributed by atoms with E-state index in [1.54, 1.807) is 7.11 Å². The van der Waals surface area contributed by atoms with Crippen molar-refractivity contribution in [2.75, 3.05) is 19.1 Å². The molecule has 98 valence electrons. The van der Waals surface area contributed by atoms with Gasteiger partial charge < -0.3 is 15.4 Å². The highest BCUT2D eigenvalue weighted by molar-refractivity contribution is 5.60. The van der Waals surface area contributed by atoms with E-state index >= 15 is 0 Å². The van der Waals surface area contributed by atoms with Gasteiger partial charge in [0.15, 0.2) is 0 Å². The number of nitrogens with zero attached hydrogens (tertiary/aromatic N) is 1. The Bertz CT molecular complexity index is 446. The van der Waals surface area contributed by atoms with Gasteiger partial charge >= 0.3 is 0 Å². The number of fused-ring (bicyclic) bond motifs is 2. The molecule has 1 heterocycles. The summed E-state index contributed by atoms with van der Waals surface area (Å²) in [7, 11) is 3.92. The Morgan fingerprint density at radius 3 is 2.83 bits per heavy atom. The van der Waals surface area contributed by atoms with Crippen LogP contribution in [-0.2, 0) is 0 Å². The van der Waals surface area contributed by atoms with Gasteiger partial charge in [0.05, 0.1) is 7.11 Å². The van der Waals surface area contributed by atoms with Gasteiger partial charge in [-0.2, -0.15) is 0 Å². The fourth-order valence-electron chi connectivity index (χ4n) is 3.70. The summed E-state index contributed by atoms with van der Waals surface area (Å²) in [6.07, 6.45) is 5.19. The van der Waals surface area contributed by atoms with Crippen molar-refractivity contribution in [3.63, 3.8) is 0 Å². The van der Waals surface area contributed by atoms with Crippen LogP contribution in [0.5, 0.6) is 5.75 Å². The van der Waals surface area contributed by atoms with Crippen LogP contribution in [0, 0.1) is 5.92 Å². The molecular weight excluding hydrogens is 224 g/mol. The molecule has 0 spiro atoms. The third-order valence-corrected chi connectivity index (χ3v) is 4.71. The molecule has 3 atom stereocenters. The molecule has 0 saturated heterocycles. The van der Waals surface area contributed by atoms with Gasteiger partial charge in [-0.05, 0) is 42.5 Å².